The second-order valence-corrected chi connectivity index (χ2v) is 5.27. The van der Waals surface area contributed by atoms with Crippen molar-refractivity contribution in [2.24, 2.45) is 0 Å². The molecular formula is C13H14BrF3N2. The summed E-state index contributed by atoms with van der Waals surface area (Å²) >= 11 is 3.20. The highest BCUT2D eigenvalue weighted by atomic mass is 79.9. The Kier molecular flexibility index (Phi) is 4.99. The van der Waals surface area contributed by atoms with Gasteiger partial charge in [0, 0.05) is 13.1 Å². The lowest BCUT2D eigenvalue weighted by Gasteiger charge is -2.28. The fourth-order valence-corrected chi connectivity index (χ4v) is 2.48. The third kappa shape index (κ3) is 4.04. The van der Waals surface area contributed by atoms with Crippen molar-refractivity contribution < 1.29 is 13.2 Å². The zero-order chi connectivity index (χ0) is 13.8. The number of pyridine rings is 1. The summed E-state index contributed by atoms with van der Waals surface area (Å²) in [5.41, 5.74) is 0.961. The van der Waals surface area contributed by atoms with Gasteiger partial charge in [0.15, 0.2) is 0 Å². The van der Waals surface area contributed by atoms with Crippen molar-refractivity contribution in [3.63, 3.8) is 0 Å². The molecule has 19 heavy (non-hydrogen) atoms. The standard InChI is InChI=1S/C13H14BrF3N2/c14-11-3-1-2-10(18-11)13(17)9-4-6-19(7-5-9)8-12(15)16/h1-3,12H,4-8H2. The molecule has 1 saturated heterocycles. The van der Waals surface area contributed by atoms with E-state index in [2.05, 4.69) is 20.9 Å². The molecule has 0 spiro atoms. The minimum absolute atomic E-state index is 0.232. The quantitative estimate of drug-likeness (QED) is 0.779. The molecule has 2 nitrogen and oxygen atoms in total. The van der Waals surface area contributed by atoms with Gasteiger partial charge in [0.2, 0.25) is 0 Å². The van der Waals surface area contributed by atoms with Gasteiger partial charge in [-0.3, -0.25) is 4.90 Å². The maximum Gasteiger partial charge on any atom is 0.251 e. The van der Waals surface area contributed by atoms with Crippen LogP contribution in [0, 0.1) is 0 Å². The summed E-state index contributed by atoms with van der Waals surface area (Å²) in [5.74, 6) is -0.321. The van der Waals surface area contributed by atoms with Crippen LogP contribution in [-0.4, -0.2) is 35.9 Å². The predicted octanol–water partition coefficient (Wildman–Crippen LogP) is 3.89. The number of likely N-dealkylation sites (tertiary alicyclic amines) is 1. The number of hydrogen-bond donors (Lipinski definition) is 0. The van der Waals surface area contributed by atoms with E-state index in [0.29, 0.717) is 41.8 Å². The Balaban J connectivity index is 2.05. The third-order valence-electron chi connectivity index (χ3n) is 3.11. The first-order valence-electron chi connectivity index (χ1n) is 6.07. The molecule has 0 aromatic carbocycles. The van der Waals surface area contributed by atoms with Crippen molar-refractivity contribution in [2.45, 2.75) is 19.3 Å². The summed E-state index contributed by atoms with van der Waals surface area (Å²) in [7, 11) is 0. The van der Waals surface area contributed by atoms with E-state index in [9.17, 15) is 13.2 Å². The Morgan fingerprint density at radius 1 is 1.32 bits per heavy atom. The summed E-state index contributed by atoms with van der Waals surface area (Å²) in [4.78, 5) is 5.73. The highest BCUT2D eigenvalue weighted by Gasteiger charge is 2.20. The summed E-state index contributed by atoms with van der Waals surface area (Å²) in [6.07, 6.45) is -1.37. The van der Waals surface area contributed by atoms with E-state index >= 15 is 0 Å². The molecule has 1 aliphatic heterocycles. The van der Waals surface area contributed by atoms with Gasteiger partial charge in [-0.2, -0.15) is 0 Å². The highest BCUT2D eigenvalue weighted by molar-refractivity contribution is 9.10. The van der Waals surface area contributed by atoms with Crippen LogP contribution in [0.4, 0.5) is 13.2 Å². The molecule has 0 aliphatic carbocycles. The number of halogens is 4. The first-order chi connectivity index (χ1) is 9.06. The minimum Gasteiger partial charge on any atom is -0.297 e. The van der Waals surface area contributed by atoms with Gasteiger partial charge in [-0.05, 0) is 46.5 Å². The Morgan fingerprint density at radius 3 is 2.58 bits per heavy atom. The molecule has 2 heterocycles. The molecule has 1 aromatic rings. The van der Waals surface area contributed by atoms with Gasteiger partial charge >= 0.3 is 0 Å². The van der Waals surface area contributed by atoms with E-state index in [1.54, 1.807) is 23.1 Å². The molecule has 0 N–H and O–H groups in total. The number of hydrogen-bond acceptors (Lipinski definition) is 2. The van der Waals surface area contributed by atoms with Gasteiger partial charge in [-0.1, -0.05) is 6.07 Å². The second kappa shape index (κ2) is 6.52. The topological polar surface area (TPSA) is 16.1 Å². The van der Waals surface area contributed by atoms with Gasteiger partial charge in [-0.25, -0.2) is 18.2 Å². The van der Waals surface area contributed by atoms with Crippen molar-refractivity contribution in [1.82, 2.24) is 9.88 Å². The molecule has 2 rings (SSSR count). The van der Waals surface area contributed by atoms with Crippen LogP contribution in [0.15, 0.2) is 28.4 Å². The normalized spacial score (nSPS) is 17.0. The van der Waals surface area contributed by atoms with E-state index < -0.39 is 6.43 Å². The number of aromatic nitrogens is 1. The van der Waals surface area contributed by atoms with Gasteiger partial charge in [0.1, 0.15) is 10.4 Å². The number of rotatable bonds is 3. The van der Waals surface area contributed by atoms with Gasteiger partial charge in [-0.15, -0.1) is 0 Å². The highest BCUT2D eigenvalue weighted by Crippen LogP contribution is 2.27. The SMILES string of the molecule is FC(=C1CCN(CC(F)F)CC1)c1cccc(Br)n1. The fraction of sp³-hybridized carbons (Fsp3) is 0.462. The summed E-state index contributed by atoms with van der Waals surface area (Å²) < 4.78 is 39.3. The molecule has 1 aliphatic rings. The Morgan fingerprint density at radius 2 is 2.00 bits per heavy atom. The fourth-order valence-electron chi connectivity index (χ4n) is 2.13. The summed E-state index contributed by atoms with van der Waals surface area (Å²) in [6, 6.07) is 5.06. The molecule has 0 radical (unpaired) electrons. The average Bonchev–Trinajstić information content (AvgIpc) is 2.38. The van der Waals surface area contributed by atoms with E-state index in [4.69, 9.17) is 0 Å². The van der Waals surface area contributed by atoms with Crippen LogP contribution in [-0.2, 0) is 0 Å². The molecule has 104 valence electrons. The number of piperidine rings is 1. The van der Waals surface area contributed by atoms with Crippen molar-refractivity contribution in [1.29, 1.82) is 0 Å². The van der Waals surface area contributed by atoms with Crippen molar-refractivity contribution in [3.8, 4) is 0 Å². The molecule has 0 bridgehead atoms. The maximum atomic E-state index is 14.2. The van der Waals surface area contributed by atoms with Crippen LogP contribution >= 0.6 is 15.9 Å². The van der Waals surface area contributed by atoms with Crippen LogP contribution in [0.5, 0.6) is 0 Å². The molecule has 6 heteroatoms. The van der Waals surface area contributed by atoms with E-state index in [1.165, 1.54) is 0 Å². The van der Waals surface area contributed by atoms with Crippen molar-refractivity contribution in [2.75, 3.05) is 19.6 Å². The first kappa shape index (κ1) is 14.5. The predicted molar refractivity (Wildman–Crippen MR) is 71.6 cm³/mol. The number of alkyl halides is 2. The molecule has 0 unspecified atom stereocenters. The minimum atomic E-state index is -2.33. The van der Waals surface area contributed by atoms with Gasteiger partial charge in [0.05, 0.1) is 12.2 Å². The monoisotopic (exact) mass is 334 g/mol. The Bertz CT molecular complexity index is 467. The van der Waals surface area contributed by atoms with Gasteiger partial charge in [0.25, 0.3) is 6.43 Å². The molecular weight excluding hydrogens is 321 g/mol. The lowest BCUT2D eigenvalue weighted by Crippen LogP contribution is -2.34. The zero-order valence-electron chi connectivity index (χ0n) is 10.3. The number of nitrogens with zero attached hydrogens (tertiary/aromatic N) is 2. The smallest absolute Gasteiger partial charge is 0.251 e. The summed E-state index contributed by atoms with van der Waals surface area (Å²) in [6.45, 7) is 0.715. The molecule has 0 saturated carbocycles. The largest absolute Gasteiger partial charge is 0.297 e. The lowest BCUT2D eigenvalue weighted by atomic mass is 10.0. The van der Waals surface area contributed by atoms with Crippen LogP contribution < -0.4 is 0 Å². The third-order valence-corrected chi connectivity index (χ3v) is 3.55. The van der Waals surface area contributed by atoms with Crippen LogP contribution in [0.25, 0.3) is 5.83 Å². The Hall–Kier alpha value is -0.880. The maximum absolute atomic E-state index is 14.2. The average molecular weight is 335 g/mol. The van der Waals surface area contributed by atoms with Crippen molar-refractivity contribution >= 4 is 21.8 Å². The molecule has 1 aromatic heterocycles. The van der Waals surface area contributed by atoms with Crippen LogP contribution in [0.1, 0.15) is 18.5 Å². The van der Waals surface area contributed by atoms with E-state index in [-0.39, 0.29) is 12.4 Å². The van der Waals surface area contributed by atoms with Gasteiger partial charge < -0.3 is 0 Å². The molecule has 0 atom stereocenters. The van der Waals surface area contributed by atoms with Crippen LogP contribution in [0.2, 0.25) is 0 Å². The second-order valence-electron chi connectivity index (χ2n) is 4.45. The summed E-state index contributed by atoms with van der Waals surface area (Å²) in [5, 5.41) is 0. The zero-order valence-corrected chi connectivity index (χ0v) is 11.8. The van der Waals surface area contributed by atoms with E-state index in [1.807, 2.05) is 0 Å². The first-order valence-corrected chi connectivity index (χ1v) is 6.86. The Labute approximate surface area is 118 Å². The van der Waals surface area contributed by atoms with Crippen LogP contribution in [0.3, 0.4) is 0 Å². The molecule has 1 fully saturated rings. The lowest BCUT2D eigenvalue weighted by molar-refractivity contribution is 0.0844. The van der Waals surface area contributed by atoms with E-state index in [0.717, 1.165) is 0 Å². The molecule has 0 amide bonds. The van der Waals surface area contributed by atoms with Crippen molar-refractivity contribution in [3.05, 3.63) is 34.1 Å².